The van der Waals surface area contributed by atoms with Gasteiger partial charge in [0.15, 0.2) is 0 Å². The highest BCUT2D eigenvalue weighted by Gasteiger charge is 2.33. The molecule has 0 radical (unpaired) electrons. The van der Waals surface area contributed by atoms with Crippen LogP contribution in [-0.4, -0.2) is 56.4 Å². The number of ether oxygens (including phenoxy) is 1. The van der Waals surface area contributed by atoms with Crippen molar-refractivity contribution >= 4 is 17.6 Å². The molecular weight excluding hydrogens is 316 g/mol. The zero-order valence-electron chi connectivity index (χ0n) is 14.6. The summed E-state index contributed by atoms with van der Waals surface area (Å²) in [5.41, 5.74) is 10.4. The molecule has 0 aliphatic carbocycles. The number of piperazine rings is 1. The van der Waals surface area contributed by atoms with E-state index in [9.17, 15) is 0 Å². The van der Waals surface area contributed by atoms with Gasteiger partial charge in [0.1, 0.15) is 5.75 Å². The monoisotopic (exact) mass is 340 g/mol. The van der Waals surface area contributed by atoms with Crippen LogP contribution in [0.25, 0.3) is 0 Å². The van der Waals surface area contributed by atoms with E-state index < -0.39 is 5.79 Å². The summed E-state index contributed by atoms with van der Waals surface area (Å²) < 4.78 is 5.65. The summed E-state index contributed by atoms with van der Waals surface area (Å²) in [5, 5.41) is 3.30. The number of nitrogens with one attached hydrogen (secondary N) is 2. The number of aromatic amines is 1. The molecule has 132 valence electrons. The molecule has 7 heteroatoms. The van der Waals surface area contributed by atoms with Gasteiger partial charge in [0.2, 0.25) is 5.79 Å². The summed E-state index contributed by atoms with van der Waals surface area (Å²) in [7, 11) is 3.82. The summed E-state index contributed by atoms with van der Waals surface area (Å²) in [6, 6.07) is 8.11. The third kappa shape index (κ3) is 2.85. The number of nitrogens with two attached hydrogens (primary N) is 1. The van der Waals surface area contributed by atoms with Gasteiger partial charge in [-0.2, -0.15) is 0 Å². The van der Waals surface area contributed by atoms with Crippen LogP contribution in [0.2, 0.25) is 0 Å². The Bertz CT molecular complexity index is 793. The molecule has 2 aliphatic rings. The maximum absolute atomic E-state index is 6.55. The SMILES string of the molecule is COc1cc(N2CCN(C)CC2)ccc1C1(N)N=Cc2[nH]ccc2N1. The lowest BCUT2D eigenvalue weighted by Crippen LogP contribution is -2.45. The number of H-pyrrole nitrogens is 1. The number of hydrogen-bond acceptors (Lipinski definition) is 6. The quantitative estimate of drug-likeness (QED) is 0.787. The van der Waals surface area contributed by atoms with Crippen LogP contribution < -0.4 is 20.7 Å². The molecule has 7 nitrogen and oxygen atoms in total. The highest BCUT2D eigenvalue weighted by atomic mass is 16.5. The molecule has 0 spiro atoms. The number of fused-ring (bicyclic) bond motifs is 1. The van der Waals surface area contributed by atoms with Crippen LogP contribution in [0.15, 0.2) is 35.5 Å². The zero-order valence-corrected chi connectivity index (χ0v) is 14.6. The van der Waals surface area contributed by atoms with E-state index in [-0.39, 0.29) is 0 Å². The number of aliphatic imine (C=N–C) groups is 1. The first kappa shape index (κ1) is 16.0. The van der Waals surface area contributed by atoms with Crippen molar-refractivity contribution in [2.45, 2.75) is 5.79 Å². The van der Waals surface area contributed by atoms with Gasteiger partial charge < -0.3 is 24.8 Å². The molecule has 3 heterocycles. The fourth-order valence-corrected chi connectivity index (χ4v) is 3.40. The van der Waals surface area contributed by atoms with Gasteiger partial charge in [-0.15, -0.1) is 0 Å². The van der Waals surface area contributed by atoms with Crippen molar-refractivity contribution in [3.8, 4) is 5.75 Å². The molecule has 1 unspecified atom stereocenters. The molecule has 0 bridgehead atoms. The number of rotatable bonds is 3. The van der Waals surface area contributed by atoms with Crippen molar-refractivity contribution < 1.29 is 4.74 Å². The standard InChI is InChI=1S/C18H24N6O/c1-23-7-9-24(10-8-23)13-3-4-14(17(11-13)25-2)18(19)21-12-16-15(22-18)5-6-20-16/h3-6,11-12,20,22H,7-10,19H2,1-2H3. The van der Waals surface area contributed by atoms with Crippen molar-refractivity contribution in [3.05, 3.63) is 41.7 Å². The number of methoxy groups -OCH3 is 1. The number of benzene rings is 1. The first-order valence-corrected chi connectivity index (χ1v) is 8.51. The largest absolute Gasteiger partial charge is 0.496 e. The molecule has 1 saturated heterocycles. The van der Waals surface area contributed by atoms with Crippen LogP contribution in [0.1, 0.15) is 11.3 Å². The summed E-state index contributed by atoms with van der Waals surface area (Å²) in [5.74, 6) is -0.302. The van der Waals surface area contributed by atoms with E-state index >= 15 is 0 Å². The maximum Gasteiger partial charge on any atom is 0.212 e. The van der Waals surface area contributed by atoms with Gasteiger partial charge in [-0.05, 0) is 25.2 Å². The topological polar surface area (TPSA) is 81.9 Å². The van der Waals surface area contributed by atoms with Gasteiger partial charge in [0, 0.05) is 44.1 Å². The van der Waals surface area contributed by atoms with Gasteiger partial charge in [-0.3, -0.25) is 5.73 Å². The average Bonchev–Trinajstić information content (AvgIpc) is 3.09. The normalized spacial score (nSPS) is 23.2. The van der Waals surface area contributed by atoms with Crippen molar-refractivity contribution in [1.82, 2.24) is 9.88 Å². The minimum atomic E-state index is -1.04. The Morgan fingerprint density at radius 1 is 1.20 bits per heavy atom. The van der Waals surface area contributed by atoms with E-state index in [4.69, 9.17) is 10.5 Å². The van der Waals surface area contributed by atoms with Crippen molar-refractivity contribution in [3.63, 3.8) is 0 Å². The Morgan fingerprint density at radius 3 is 2.76 bits per heavy atom. The molecule has 0 saturated carbocycles. The lowest BCUT2D eigenvalue weighted by Gasteiger charge is -2.35. The summed E-state index contributed by atoms with van der Waals surface area (Å²) >= 11 is 0. The van der Waals surface area contributed by atoms with Crippen molar-refractivity contribution in [1.29, 1.82) is 0 Å². The lowest BCUT2D eigenvalue weighted by atomic mass is 10.0. The molecule has 4 N–H and O–H groups in total. The van der Waals surface area contributed by atoms with Gasteiger partial charge in [-0.1, -0.05) is 0 Å². The van der Waals surface area contributed by atoms with E-state index in [1.54, 1.807) is 13.3 Å². The molecule has 1 aromatic heterocycles. The highest BCUT2D eigenvalue weighted by Crippen LogP contribution is 2.36. The molecule has 0 amide bonds. The molecule has 2 aliphatic heterocycles. The second kappa shape index (κ2) is 6.09. The molecule has 25 heavy (non-hydrogen) atoms. The Hall–Kier alpha value is -2.51. The van der Waals surface area contributed by atoms with E-state index in [0.717, 1.165) is 54.6 Å². The molecule has 4 rings (SSSR count). The van der Waals surface area contributed by atoms with E-state index in [1.807, 2.05) is 18.3 Å². The summed E-state index contributed by atoms with van der Waals surface area (Å²) in [6.45, 7) is 4.14. The van der Waals surface area contributed by atoms with Crippen LogP contribution in [0.3, 0.4) is 0 Å². The number of aromatic nitrogens is 1. The Balaban J connectivity index is 1.64. The minimum absolute atomic E-state index is 0.738. The minimum Gasteiger partial charge on any atom is -0.496 e. The van der Waals surface area contributed by atoms with Crippen LogP contribution in [-0.2, 0) is 5.79 Å². The molecule has 1 atom stereocenters. The van der Waals surface area contributed by atoms with Crippen LogP contribution in [0, 0.1) is 0 Å². The highest BCUT2D eigenvalue weighted by molar-refractivity contribution is 5.88. The van der Waals surface area contributed by atoms with Crippen molar-refractivity contribution in [2.75, 3.05) is 50.6 Å². The fourth-order valence-electron chi connectivity index (χ4n) is 3.40. The first-order chi connectivity index (χ1) is 12.1. The van der Waals surface area contributed by atoms with Crippen LogP contribution in [0.5, 0.6) is 5.75 Å². The number of likely N-dealkylation sites (N-methyl/N-ethyl adjacent to an activating group) is 1. The Morgan fingerprint density at radius 2 is 2.00 bits per heavy atom. The smallest absolute Gasteiger partial charge is 0.212 e. The molecule has 1 aromatic carbocycles. The third-order valence-corrected chi connectivity index (χ3v) is 4.97. The fraction of sp³-hybridized carbons (Fsp3) is 0.389. The number of hydrogen-bond donors (Lipinski definition) is 3. The maximum atomic E-state index is 6.55. The van der Waals surface area contributed by atoms with Gasteiger partial charge in [0.25, 0.3) is 0 Å². The molecular formula is C18H24N6O. The Labute approximate surface area is 147 Å². The lowest BCUT2D eigenvalue weighted by molar-refractivity contribution is 0.312. The van der Waals surface area contributed by atoms with Crippen LogP contribution >= 0.6 is 0 Å². The van der Waals surface area contributed by atoms with E-state index in [2.05, 4.69) is 44.3 Å². The van der Waals surface area contributed by atoms with Crippen LogP contribution in [0.4, 0.5) is 11.4 Å². The number of nitrogens with zero attached hydrogens (tertiary/aromatic N) is 3. The van der Waals surface area contributed by atoms with Gasteiger partial charge >= 0.3 is 0 Å². The average molecular weight is 340 g/mol. The zero-order chi connectivity index (χ0) is 17.4. The van der Waals surface area contributed by atoms with E-state index in [0.29, 0.717) is 0 Å². The van der Waals surface area contributed by atoms with Gasteiger partial charge in [0.05, 0.1) is 30.3 Å². The molecule has 1 fully saturated rings. The van der Waals surface area contributed by atoms with Crippen molar-refractivity contribution in [2.24, 2.45) is 10.7 Å². The second-order valence-corrected chi connectivity index (χ2v) is 6.63. The Kier molecular flexibility index (Phi) is 3.89. The summed E-state index contributed by atoms with van der Waals surface area (Å²) in [4.78, 5) is 12.3. The first-order valence-electron chi connectivity index (χ1n) is 8.51. The van der Waals surface area contributed by atoms with Gasteiger partial charge in [-0.25, -0.2) is 4.99 Å². The van der Waals surface area contributed by atoms with E-state index in [1.165, 1.54) is 0 Å². The third-order valence-electron chi connectivity index (χ3n) is 4.97. The predicted molar refractivity (Wildman–Crippen MR) is 101 cm³/mol. The second-order valence-electron chi connectivity index (χ2n) is 6.63. The number of anilines is 2. The predicted octanol–water partition coefficient (Wildman–Crippen LogP) is 1.39. The summed E-state index contributed by atoms with van der Waals surface area (Å²) in [6.07, 6.45) is 3.63. The molecule has 2 aromatic rings.